The minimum Gasteiger partial charge on any atom is -0.454 e. The predicted molar refractivity (Wildman–Crippen MR) is 88.0 cm³/mol. The van der Waals surface area contributed by atoms with E-state index in [9.17, 15) is 13.6 Å². The third-order valence-electron chi connectivity index (χ3n) is 3.57. The van der Waals surface area contributed by atoms with E-state index in [0.717, 1.165) is 23.5 Å². The molecule has 1 aromatic heterocycles. The number of fused-ring (bicyclic) bond motifs is 1. The highest BCUT2D eigenvalue weighted by molar-refractivity contribution is 7.14. The molecule has 0 atom stereocenters. The average Bonchev–Trinajstić information content (AvgIpc) is 3.23. The van der Waals surface area contributed by atoms with Crippen molar-refractivity contribution in [3.8, 4) is 22.8 Å². The maximum Gasteiger partial charge on any atom is 0.257 e. The molecule has 0 bridgehead atoms. The predicted octanol–water partition coefficient (Wildman–Crippen LogP) is 4.07. The van der Waals surface area contributed by atoms with E-state index in [0.29, 0.717) is 27.9 Å². The van der Waals surface area contributed by atoms with Crippen LogP contribution in [0.25, 0.3) is 11.3 Å². The van der Waals surface area contributed by atoms with Crippen LogP contribution in [0.15, 0.2) is 41.8 Å². The molecule has 3 aromatic rings. The molecule has 1 amide bonds. The van der Waals surface area contributed by atoms with Crippen LogP contribution in [0, 0.1) is 11.6 Å². The molecule has 2 aromatic carbocycles. The minimum atomic E-state index is -0.709. The quantitative estimate of drug-likeness (QED) is 0.765. The van der Waals surface area contributed by atoms with Gasteiger partial charge in [-0.25, -0.2) is 13.8 Å². The van der Waals surface area contributed by atoms with Crippen molar-refractivity contribution in [1.29, 1.82) is 0 Å². The summed E-state index contributed by atoms with van der Waals surface area (Å²) in [5.41, 5.74) is 0.874. The van der Waals surface area contributed by atoms with Crippen molar-refractivity contribution in [2.45, 2.75) is 0 Å². The molecule has 0 aliphatic carbocycles. The highest BCUT2D eigenvalue weighted by Crippen LogP contribution is 2.33. The first-order chi connectivity index (χ1) is 12.1. The molecular formula is C17H10F2N2O3S. The zero-order valence-electron chi connectivity index (χ0n) is 12.6. The number of halogens is 2. The Balaban J connectivity index is 1.54. The number of hydrogen-bond donors (Lipinski definition) is 1. The molecule has 1 N–H and O–H groups in total. The lowest BCUT2D eigenvalue weighted by molar-refractivity contribution is 0.102. The number of carbonyl (C=O) groups is 1. The number of benzene rings is 2. The van der Waals surface area contributed by atoms with Gasteiger partial charge in [0, 0.05) is 22.6 Å². The SMILES string of the molecule is O=C(Nc1nc(-c2ccc(F)cc2F)cs1)c1ccc2c(c1)OCO2. The number of hydrogen-bond acceptors (Lipinski definition) is 5. The van der Waals surface area contributed by atoms with Gasteiger partial charge < -0.3 is 9.47 Å². The number of ether oxygens (including phenoxy) is 2. The van der Waals surface area contributed by atoms with Gasteiger partial charge in [0.2, 0.25) is 6.79 Å². The van der Waals surface area contributed by atoms with Gasteiger partial charge in [-0.05, 0) is 30.3 Å². The van der Waals surface area contributed by atoms with E-state index in [2.05, 4.69) is 10.3 Å². The summed E-state index contributed by atoms with van der Waals surface area (Å²) in [5.74, 6) is -0.661. The minimum absolute atomic E-state index is 0.124. The Morgan fingerprint density at radius 2 is 1.96 bits per heavy atom. The number of nitrogens with one attached hydrogen (secondary N) is 1. The van der Waals surface area contributed by atoms with Crippen molar-refractivity contribution in [3.63, 3.8) is 0 Å². The van der Waals surface area contributed by atoms with Crippen molar-refractivity contribution in [1.82, 2.24) is 4.98 Å². The number of rotatable bonds is 3. The summed E-state index contributed by atoms with van der Waals surface area (Å²) in [6.45, 7) is 0.124. The molecule has 2 heterocycles. The molecule has 4 rings (SSSR count). The molecule has 5 nitrogen and oxygen atoms in total. The Bertz CT molecular complexity index is 974. The number of anilines is 1. The molecule has 0 saturated carbocycles. The Morgan fingerprint density at radius 1 is 1.12 bits per heavy atom. The summed E-state index contributed by atoms with van der Waals surface area (Å²) in [4.78, 5) is 16.5. The maximum atomic E-state index is 13.8. The van der Waals surface area contributed by atoms with Crippen molar-refractivity contribution in [3.05, 3.63) is 59.0 Å². The summed E-state index contributed by atoms with van der Waals surface area (Å²) in [6.07, 6.45) is 0. The van der Waals surface area contributed by atoms with E-state index in [-0.39, 0.29) is 18.3 Å². The molecule has 8 heteroatoms. The van der Waals surface area contributed by atoms with Crippen LogP contribution < -0.4 is 14.8 Å². The summed E-state index contributed by atoms with van der Waals surface area (Å²) in [7, 11) is 0. The Morgan fingerprint density at radius 3 is 2.80 bits per heavy atom. The van der Waals surface area contributed by atoms with Crippen molar-refractivity contribution in [2.24, 2.45) is 0 Å². The standard InChI is InChI=1S/C17H10F2N2O3S/c18-10-2-3-11(12(19)6-10)13-7-25-17(20-13)21-16(22)9-1-4-14-15(5-9)24-8-23-14/h1-7H,8H2,(H,20,21,22). The molecular weight excluding hydrogens is 350 g/mol. The van der Waals surface area contributed by atoms with E-state index in [1.165, 1.54) is 6.07 Å². The number of nitrogens with zero attached hydrogens (tertiary/aromatic N) is 1. The molecule has 0 fully saturated rings. The van der Waals surface area contributed by atoms with Gasteiger partial charge in [-0.1, -0.05) is 0 Å². The fraction of sp³-hybridized carbons (Fsp3) is 0.0588. The first-order valence-corrected chi connectivity index (χ1v) is 8.10. The van der Waals surface area contributed by atoms with E-state index in [1.54, 1.807) is 23.6 Å². The first-order valence-electron chi connectivity index (χ1n) is 7.22. The third-order valence-corrected chi connectivity index (χ3v) is 4.32. The highest BCUT2D eigenvalue weighted by atomic mass is 32.1. The summed E-state index contributed by atoms with van der Waals surface area (Å²) >= 11 is 1.15. The average molecular weight is 360 g/mol. The molecule has 1 aliphatic rings. The molecule has 25 heavy (non-hydrogen) atoms. The van der Waals surface area contributed by atoms with E-state index >= 15 is 0 Å². The molecule has 126 valence electrons. The fourth-order valence-corrected chi connectivity index (χ4v) is 3.06. The third kappa shape index (κ3) is 3.03. The lowest BCUT2D eigenvalue weighted by Crippen LogP contribution is -2.11. The Labute approximate surface area is 144 Å². The lowest BCUT2D eigenvalue weighted by atomic mass is 10.1. The number of carbonyl (C=O) groups excluding carboxylic acids is 1. The van der Waals surface area contributed by atoms with Crippen LogP contribution in [0.5, 0.6) is 11.5 Å². The fourth-order valence-electron chi connectivity index (χ4n) is 2.36. The first kappa shape index (κ1) is 15.5. The topological polar surface area (TPSA) is 60.5 Å². The summed E-state index contributed by atoms with van der Waals surface area (Å²) in [6, 6.07) is 8.09. The van der Waals surface area contributed by atoms with Gasteiger partial charge in [-0.2, -0.15) is 0 Å². The molecule has 0 spiro atoms. The van der Waals surface area contributed by atoms with Gasteiger partial charge in [0.15, 0.2) is 16.6 Å². The largest absolute Gasteiger partial charge is 0.454 e. The summed E-state index contributed by atoms with van der Waals surface area (Å²) in [5, 5.41) is 4.54. The number of aromatic nitrogens is 1. The number of amides is 1. The van der Waals surface area contributed by atoms with Gasteiger partial charge in [-0.3, -0.25) is 10.1 Å². The van der Waals surface area contributed by atoms with Gasteiger partial charge in [0.05, 0.1) is 5.69 Å². The molecule has 1 aliphatic heterocycles. The van der Waals surface area contributed by atoms with Crippen molar-refractivity contribution < 1.29 is 23.0 Å². The Kier molecular flexibility index (Phi) is 3.81. The second-order valence-corrected chi connectivity index (χ2v) is 6.04. The van der Waals surface area contributed by atoms with Crippen LogP contribution in [0.4, 0.5) is 13.9 Å². The van der Waals surface area contributed by atoms with E-state index in [1.807, 2.05) is 0 Å². The number of thiazole rings is 1. The molecule has 0 unspecified atom stereocenters. The van der Waals surface area contributed by atoms with Gasteiger partial charge in [-0.15, -0.1) is 11.3 Å². The van der Waals surface area contributed by atoms with Crippen LogP contribution in [0.2, 0.25) is 0 Å². The zero-order chi connectivity index (χ0) is 17.4. The van der Waals surface area contributed by atoms with Crippen LogP contribution in [0.1, 0.15) is 10.4 Å². The van der Waals surface area contributed by atoms with Crippen molar-refractivity contribution >= 4 is 22.4 Å². The van der Waals surface area contributed by atoms with Crippen LogP contribution in [0.3, 0.4) is 0 Å². The molecule has 0 radical (unpaired) electrons. The zero-order valence-corrected chi connectivity index (χ0v) is 13.4. The van der Waals surface area contributed by atoms with Gasteiger partial charge in [0.25, 0.3) is 5.91 Å². The smallest absolute Gasteiger partial charge is 0.257 e. The summed E-state index contributed by atoms with van der Waals surface area (Å²) < 4.78 is 37.2. The normalized spacial score (nSPS) is 12.2. The van der Waals surface area contributed by atoms with Crippen LogP contribution in [-0.2, 0) is 0 Å². The van der Waals surface area contributed by atoms with Gasteiger partial charge in [0.1, 0.15) is 11.6 Å². The van der Waals surface area contributed by atoms with Gasteiger partial charge >= 0.3 is 0 Å². The second-order valence-electron chi connectivity index (χ2n) is 5.18. The monoisotopic (exact) mass is 360 g/mol. The van der Waals surface area contributed by atoms with Crippen LogP contribution >= 0.6 is 11.3 Å². The van der Waals surface area contributed by atoms with E-state index in [4.69, 9.17) is 9.47 Å². The van der Waals surface area contributed by atoms with E-state index < -0.39 is 11.6 Å². The van der Waals surface area contributed by atoms with Crippen LogP contribution in [-0.4, -0.2) is 17.7 Å². The maximum absolute atomic E-state index is 13.8. The van der Waals surface area contributed by atoms with Crippen molar-refractivity contribution in [2.75, 3.05) is 12.1 Å². The second kappa shape index (κ2) is 6.14. The Hall–Kier alpha value is -3.00. The lowest BCUT2D eigenvalue weighted by Gasteiger charge is -2.03. The molecule has 0 saturated heterocycles. The highest BCUT2D eigenvalue weighted by Gasteiger charge is 2.17.